The van der Waals surface area contributed by atoms with Crippen LogP contribution in [0.25, 0.3) is 22.9 Å². The van der Waals surface area contributed by atoms with Crippen LogP contribution in [0.5, 0.6) is 0 Å². The summed E-state index contributed by atoms with van der Waals surface area (Å²) >= 11 is 4.46. The fraction of sp³-hybridized carbons (Fsp3) is 0. The lowest BCUT2D eigenvalue weighted by Crippen LogP contribution is -2.06. The number of para-hydroxylation sites is 2. The summed E-state index contributed by atoms with van der Waals surface area (Å²) in [5, 5.41) is 6.61. The van der Waals surface area contributed by atoms with Crippen LogP contribution in [0.2, 0.25) is 0 Å². The highest BCUT2D eigenvalue weighted by Gasteiger charge is 2.13. The van der Waals surface area contributed by atoms with Gasteiger partial charge in [0.25, 0.3) is 0 Å². The van der Waals surface area contributed by atoms with Gasteiger partial charge in [-0.15, -0.1) is 0 Å². The molecule has 6 N–H and O–H groups in total. The zero-order valence-corrected chi connectivity index (χ0v) is 28.5. The van der Waals surface area contributed by atoms with Crippen LogP contribution in [-0.4, -0.2) is 34.9 Å². The summed E-state index contributed by atoms with van der Waals surface area (Å²) in [4.78, 5) is 32.7. The van der Waals surface area contributed by atoms with Crippen LogP contribution in [0, 0.1) is 7.14 Å². The average molecular weight is 842 g/mol. The molecule has 6 rings (SSSR count). The van der Waals surface area contributed by atoms with Gasteiger partial charge in [0.1, 0.15) is 5.69 Å². The summed E-state index contributed by atoms with van der Waals surface area (Å²) in [6, 6.07) is 27.5. The smallest absolute Gasteiger partial charge is 0.232 e. The minimum absolute atomic E-state index is 0.0986. The first-order chi connectivity index (χ1) is 21.4. The molecule has 11 nitrogen and oxygen atoms in total. The Kier molecular flexibility index (Phi) is 9.53. The van der Waals surface area contributed by atoms with E-state index in [1.54, 1.807) is 27.8 Å². The third-order valence-corrected chi connectivity index (χ3v) is 9.69. The highest BCUT2D eigenvalue weighted by Crippen LogP contribution is 2.44. The Balaban J connectivity index is 1.20. The third-order valence-electron chi connectivity index (χ3n) is 5.85. The molecule has 0 atom stereocenters. The van der Waals surface area contributed by atoms with Crippen LogP contribution in [0.15, 0.2) is 101 Å². The molecule has 0 fully saturated rings. The second-order valence-corrected chi connectivity index (χ2v) is 13.7. The molecular formula is C29H21I2N11S2. The van der Waals surface area contributed by atoms with Crippen LogP contribution in [0.4, 0.5) is 35.2 Å². The summed E-state index contributed by atoms with van der Waals surface area (Å²) in [6.45, 7) is 0. The molecule has 0 bridgehead atoms. The van der Waals surface area contributed by atoms with E-state index in [1.807, 2.05) is 84.9 Å². The van der Waals surface area contributed by atoms with Crippen molar-refractivity contribution in [2.75, 3.05) is 22.1 Å². The van der Waals surface area contributed by atoms with Crippen LogP contribution in [0.3, 0.4) is 0 Å². The van der Waals surface area contributed by atoms with Gasteiger partial charge in [-0.3, -0.25) is 4.98 Å². The van der Waals surface area contributed by atoms with E-state index < -0.39 is 0 Å². The van der Waals surface area contributed by atoms with Crippen molar-refractivity contribution in [1.29, 1.82) is 0 Å². The molecular weight excluding hydrogens is 820 g/mol. The van der Waals surface area contributed by atoms with Gasteiger partial charge >= 0.3 is 0 Å². The molecule has 0 aliphatic heterocycles. The maximum Gasteiger partial charge on any atom is 0.232 e. The Morgan fingerprint density at radius 2 is 1.07 bits per heavy atom. The zero-order valence-electron chi connectivity index (χ0n) is 22.5. The van der Waals surface area contributed by atoms with Gasteiger partial charge in [-0.2, -0.15) is 29.9 Å². The van der Waals surface area contributed by atoms with Crippen molar-refractivity contribution in [1.82, 2.24) is 34.9 Å². The number of nitrogen functional groups attached to an aromatic ring is 2. The topological polar surface area (TPSA) is 166 Å². The highest BCUT2D eigenvalue weighted by molar-refractivity contribution is 14.1. The maximum atomic E-state index is 6.04. The summed E-state index contributed by atoms with van der Waals surface area (Å²) < 4.78 is 2.13. The zero-order chi connectivity index (χ0) is 30.5. The van der Waals surface area contributed by atoms with E-state index in [0.717, 1.165) is 33.9 Å². The molecule has 3 aromatic carbocycles. The number of anilines is 6. The number of pyridine rings is 1. The first kappa shape index (κ1) is 30.2. The predicted octanol–water partition coefficient (Wildman–Crippen LogP) is 7.45. The molecule has 3 heterocycles. The van der Waals surface area contributed by atoms with Gasteiger partial charge < -0.3 is 22.1 Å². The number of benzene rings is 3. The molecule has 0 radical (unpaired) electrons. The fourth-order valence-corrected chi connectivity index (χ4v) is 6.82. The van der Waals surface area contributed by atoms with Crippen molar-refractivity contribution >= 4 is 102 Å². The second kappa shape index (κ2) is 13.9. The first-order valence-corrected chi connectivity index (χ1v) is 17.2. The minimum Gasteiger partial charge on any atom is -0.368 e. The SMILES string of the molecule is Nc1nc(Nc2ccccc2SSc2ccccc2Nc2nc(N)nc(-c3ccc(I)cn3)n2)nc(-c2ccc(I)cc2)n1. The van der Waals surface area contributed by atoms with E-state index in [1.165, 1.54) is 0 Å². The summed E-state index contributed by atoms with van der Waals surface area (Å²) in [6.07, 6.45) is 1.75. The van der Waals surface area contributed by atoms with Gasteiger partial charge in [-0.1, -0.05) is 58.0 Å². The van der Waals surface area contributed by atoms with Crippen molar-refractivity contribution in [2.24, 2.45) is 0 Å². The van der Waals surface area contributed by atoms with E-state index in [-0.39, 0.29) is 11.9 Å². The van der Waals surface area contributed by atoms with E-state index >= 15 is 0 Å². The van der Waals surface area contributed by atoms with Gasteiger partial charge in [0.05, 0.1) is 11.4 Å². The Bertz CT molecular complexity index is 1790. The summed E-state index contributed by atoms with van der Waals surface area (Å²) in [7, 11) is 3.15. The molecule has 3 aromatic heterocycles. The van der Waals surface area contributed by atoms with Gasteiger partial charge in [0.2, 0.25) is 23.8 Å². The Hall–Kier alpha value is -3.81. The summed E-state index contributed by atoms with van der Waals surface area (Å²) in [5.74, 6) is 1.80. The molecule has 0 aliphatic carbocycles. The number of rotatable bonds is 9. The second-order valence-electron chi connectivity index (χ2n) is 8.96. The quantitative estimate of drug-likeness (QED) is 0.0839. The Labute approximate surface area is 287 Å². The monoisotopic (exact) mass is 841 g/mol. The van der Waals surface area contributed by atoms with Crippen LogP contribution >= 0.6 is 66.8 Å². The van der Waals surface area contributed by atoms with E-state index in [4.69, 9.17) is 11.5 Å². The van der Waals surface area contributed by atoms with Crippen molar-refractivity contribution in [3.05, 3.63) is 98.3 Å². The normalized spacial score (nSPS) is 10.9. The molecule has 0 unspecified atom stereocenters. The number of nitrogens with one attached hydrogen (secondary N) is 2. The Morgan fingerprint density at radius 1 is 0.545 bits per heavy atom. The van der Waals surface area contributed by atoms with E-state index in [2.05, 4.69) is 90.7 Å². The van der Waals surface area contributed by atoms with Crippen molar-refractivity contribution < 1.29 is 0 Å². The number of hydrogen-bond acceptors (Lipinski definition) is 13. The van der Waals surface area contributed by atoms with E-state index in [9.17, 15) is 0 Å². The summed E-state index contributed by atoms with van der Waals surface area (Å²) in [5.41, 5.74) is 15.2. The lowest BCUT2D eigenvalue weighted by atomic mass is 10.2. The van der Waals surface area contributed by atoms with Crippen molar-refractivity contribution in [3.63, 3.8) is 0 Å². The third kappa shape index (κ3) is 7.63. The van der Waals surface area contributed by atoms with Crippen molar-refractivity contribution in [3.8, 4) is 22.9 Å². The van der Waals surface area contributed by atoms with Crippen LogP contribution < -0.4 is 22.1 Å². The van der Waals surface area contributed by atoms with Crippen LogP contribution in [-0.2, 0) is 0 Å². The lowest BCUT2D eigenvalue weighted by molar-refractivity contribution is 1.06. The predicted molar refractivity (Wildman–Crippen MR) is 194 cm³/mol. The van der Waals surface area contributed by atoms with Gasteiger partial charge in [-0.25, -0.2) is 0 Å². The standard InChI is InChI=1S/C29H21I2N11S2/c30-17-11-9-16(10-12-17)24-37-26(32)41-28(39-24)35-19-5-1-3-7-22(19)43-44-23-8-4-2-6-20(23)36-29-40-25(38-27(33)42-29)21-14-13-18(31)15-34-21/h1-15H,(H3,32,35,37,39,41)(H3,33,36,38,40,42). The molecule has 0 saturated heterocycles. The number of nitrogens with zero attached hydrogens (tertiary/aromatic N) is 7. The van der Waals surface area contributed by atoms with Gasteiger partial charge in [0, 0.05) is 28.7 Å². The molecule has 0 spiro atoms. The number of halogens is 2. The Morgan fingerprint density at radius 3 is 1.64 bits per heavy atom. The van der Waals surface area contributed by atoms with Crippen molar-refractivity contribution in [2.45, 2.75) is 9.79 Å². The molecule has 0 saturated carbocycles. The molecule has 218 valence electrons. The average Bonchev–Trinajstić information content (AvgIpc) is 3.01. The molecule has 6 aromatic rings. The molecule has 0 aliphatic rings. The number of hydrogen-bond donors (Lipinski definition) is 4. The van der Waals surface area contributed by atoms with Gasteiger partial charge in [-0.05, 0) is 93.7 Å². The van der Waals surface area contributed by atoms with E-state index in [0.29, 0.717) is 29.2 Å². The minimum atomic E-state index is 0.0986. The maximum absolute atomic E-state index is 6.04. The lowest BCUT2D eigenvalue weighted by Gasteiger charge is -2.13. The number of nitrogens with two attached hydrogens (primary N) is 2. The molecule has 44 heavy (non-hydrogen) atoms. The highest BCUT2D eigenvalue weighted by atomic mass is 127. The molecule has 0 amide bonds. The fourth-order valence-electron chi connectivity index (χ4n) is 3.86. The first-order valence-electron chi connectivity index (χ1n) is 12.9. The molecule has 15 heteroatoms. The largest absolute Gasteiger partial charge is 0.368 e. The van der Waals surface area contributed by atoms with Gasteiger partial charge in [0.15, 0.2) is 11.6 Å². The number of aromatic nitrogens is 7. The van der Waals surface area contributed by atoms with Crippen LogP contribution in [0.1, 0.15) is 0 Å².